The first kappa shape index (κ1) is 15.9. The maximum absolute atomic E-state index is 9.52. The number of nitrogens with two attached hydrogens (primary N) is 1. The van der Waals surface area contributed by atoms with E-state index in [2.05, 4.69) is 10.2 Å². The number of hydrogen-bond acceptors (Lipinski definition) is 4. The highest BCUT2D eigenvalue weighted by Gasteiger charge is 2.03. The largest absolute Gasteiger partial charge is 0.504 e. The van der Waals surface area contributed by atoms with Crippen LogP contribution in [0.1, 0.15) is 11.1 Å². The molecule has 0 unspecified atom stereocenters. The fourth-order valence-electron chi connectivity index (χ4n) is 1.72. The number of amidine groups is 1. The highest BCUT2D eigenvalue weighted by molar-refractivity contribution is 8.13. The van der Waals surface area contributed by atoms with Gasteiger partial charge in [-0.05, 0) is 23.8 Å². The Labute approximate surface area is 133 Å². The van der Waals surface area contributed by atoms with Gasteiger partial charge >= 0.3 is 0 Å². The van der Waals surface area contributed by atoms with Gasteiger partial charge in [0.2, 0.25) is 11.4 Å². The predicted molar refractivity (Wildman–Crippen MR) is 90.1 cm³/mol. The minimum atomic E-state index is 0.0982. The van der Waals surface area contributed by atoms with E-state index in [0.29, 0.717) is 10.9 Å². The van der Waals surface area contributed by atoms with Crippen LogP contribution in [-0.4, -0.2) is 23.6 Å². The Kier molecular flexibility index (Phi) is 5.85. The van der Waals surface area contributed by atoms with Gasteiger partial charge < -0.3 is 15.6 Å². The molecule has 5 nitrogen and oxygen atoms in total. The van der Waals surface area contributed by atoms with Gasteiger partial charge in [0.15, 0.2) is 11.5 Å². The van der Waals surface area contributed by atoms with Gasteiger partial charge in [-0.3, -0.25) is 0 Å². The summed E-state index contributed by atoms with van der Waals surface area (Å²) in [5.74, 6) is 1.28. The second-order valence-corrected chi connectivity index (χ2v) is 5.42. The van der Waals surface area contributed by atoms with Gasteiger partial charge in [0, 0.05) is 16.4 Å². The summed E-state index contributed by atoms with van der Waals surface area (Å²) in [6.07, 6.45) is 1.68. The van der Waals surface area contributed by atoms with Crippen LogP contribution >= 0.6 is 11.8 Å². The molecule has 0 bridgehead atoms. The van der Waals surface area contributed by atoms with Crippen molar-refractivity contribution >= 4 is 23.1 Å². The topological polar surface area (TPSA) is 81.8 Å². The molecular formula is C16H18N3O2S+. The number of aromatic hydroxyl groups is 1. The number of rotatable bonds is 5. The molecule has 0 aliphatic carbocycles. The number of nitrogens with zero attached hydrogens (tertiary/aromatic N) is 1. The summed E-state index contributed by atoms with van der Waals surface area (Å²) in [6.45, 7) is 0. The SMILES string of the molecule is COc1cc(/C=[NH+]/N=C(N)SCc2ccccc2)ccc1O. The van der Waals surface area contributed by atoms with E-state index in [9.17, 15) is 5.11 Å². The van der Waals surface area contributed by atoms with E-state index in [1.54, 1.807) is 24.4 Å². The lowest BCUT2D eigenvalue weighted by molar-refractivity contribution is -0.456. The lowest BCUT2D eigenvalue weighted by Crippen LogP contribution is -2.62. The molecule has 6 heteroatoms. The normalized spacial score (nSPS) is 11.8. The second kappa shape index (κ2) is 8.09. The van der Waals surface area contributed by atoms with E-state index in [1.165, 1.54) is 24.4 Å². The molecule has 0 spiro atoms. The van der Waals surface area contributed by atoms with Crippen LogP contribution < -0.4 is 15.6 Å². The van der Waals surface area contributed by atoms with Crippen LogP contribution in [0.3, 0.4) is 0 Å². The number of benzene rings is 2. The third kappa shape index (κ3) is 4.82. The van der Waals surface area contributed by atoms with Crippen molar-refractivity contribution in [3.8, 4) is 11.5 Å². The van der Waals surface area contributed by atoms with E-state index in [0.717, 1.165) is 11.3 Å². The number of thioether (sulfide) groups is 1. The van der Waals surface area contributed by atoms with Crippen molar-refractivity contribution in [2.45, 2.75) is 5.75 Å². The number of hydrogen-bond donors (Lipinski definition) is 3. The number of nitrogens with one attached hydrogen (secondary N) is 1. The van der Waals surface area contributed by atoms with Gasteiger partial charge in [0.25, 0.3) is 0 Å². The smallest absolute Gasteiger partial charge is 0.226 e. The molecule has 0 atom stereocenters. The monoisotopic (exact) mass is 316 g/mol. The zero-order valence-electron chi connectivity index (χ0n) is 12.2. The van der Waals surface area contributed by atoms with Gasteiger partial charge in [-0.2, -0.15) is 0 Å². The highest BCUT2D eigenvalue weighted by Crippen LogP contribution is 2.25. The zero-order chi connectivity index (χ0) is 15.8. The molecule has 0 amide bonds. The number of phenols is 1. The van der Waals surface area contributed by atoms with Crippen molar-refractivity contribution in [1.29, 1.82) is 0 Å². The maximum Gasteiger partial charge on any atom is 0.226 e. The first-order valence-electron chi connectivity index (χ1n) is 6.64. The van der Waals surface area contributed by atoms with Crippen LogP contribution in [-0.2, 0) is 5.75 Å². The molecule has 0 radical (unpaired) electrons. The van der Waals surface area contributed by atoms with E-state index >= 15 is 0 Å². The maximum atomic E-state index is 9.52. The summed E-state index contributed by atoms with van der Waals surface area (Å²) in [5.41, 5.74) is 7.84. The molecule has 0 aromatic heterocycles. The minimum Gasteiger partial charge on any atom is -0.504 e. The van der Waals surface area contributed by atoms with Crippen LogP contribution in [0, 0.1) is 0 Å². The summed E-state index contributed by atoms with van der Waals surface area (Å²) in [7, 11) is 1.50. The molecule has 0 aliphatic heterocycles. The molecule has 2 aromatic rings. The number of methoxy groups -OCH3 is 1. The van der Waals surface area contributed by atoms with E-state index in [1.807, 2.05) is 30.3 Å². The Morgan fingerprint density at radius 2 is 2.09 bits per heavy atom. The van der Waals surface area contributed by atoms with E-state index in [-0.39, 0.29) is 5.75 Å². The average Bonchev–Trinajstić information content (AvgIpc) is 2.55. The molecule has 0 saturated carbocycles. The molecule has 0 saturated heterocycles. The van der Waals surface area contributed by atoms with Crippen molar-refractivity contribution in [3.63, 3.8) is 0 Å². The Morgan fingerprint density at radius 1 is 1.32 bits per heavy atom. The highest BCUT2D eigenvalue weighted by atomic mass is 32.2. The third-order valence-corrected chi connectivity index (χ3v) is 3.70. The van der Waals surface area contributed by atoms with Crippen molar-refractivity contribution in [1.82, 2.24) is 0 Å². The van der Waals surface area contributed by atoms with Crippen LogP contribution in [0.25, 0.3) is 0 Å². The Balaban J connectivity index is 1.92. The summed E-state index contributed by atoms with van der Waals surface area (Å²) in [6, 6.07) is 15.1. The zero-order valence-corrected chi connectivity index (χ0v) is 13.0. The van der Waals surface area contributed by atoms with Crippen LogP contribution in [0.5, 0.6) is 11.5 Å². The van der Waals surface area contributed by atoms with Gasteiger partial charge in [-0.15, -0.1) is 5.10 Å². The van der Waals surface area contributed by atoms with Crippen LogP contribution in [0.4, 0.5) is 0 Å². The second-order valence-electron chi connectivity index (χ2n) is 4.43. The lowest BCUT2D eigenvalue weighted by Gasteiger charge is -2.01. The molecule has 2 rings (SSSR count). The standard InChI is InChI=1S/C16H17N3O2S/c1-21-15-9-13(7-8-14(15)20)10-18-19-16(17)22-11-12-5-3-2-4-6-12/h2-10,20H,11H2,1H3,(H2,17,19)/p+1/b18-10+. The van der Waals surface area contributed by atoms with Crippen LogP contribution in [0.15, 0.2) is 53.6 Å². The number of hydrazone groups is 1. The first-order valence-corrected chi connectivity index (χ1v) is 7.63. The van der Waals surface area contributed by atoms with Gasteiger partial charge in [-0.25, -0.2) is 0 Å². The number of ether oxygens (including phenoxy) is 1. The molecule has 114 valence electrons. The Morgan fingerprint density at radius 3 is 2.82 bits per heavy atom. The first-order chi connectivity index (χ1) is 10.7. The van der Waals surface area contributed by atoms with E-state index < -0.39 is 0 Å². The molecule has 22 heavy (non-hydrogen) atoms. The van der Waals surface area contributed by atoms with Crippen LogP contribution in [0.2, 0.25) is 0 Å². The Bertz CT molecular complexity index is 672. The minimum absolute atomic E-state index is 0.0982. The molecule has 0 aliphatic rings. The number of phenolic OH excluding ortho intramolecular Hbond substituents is 1. The summed E-state index contributed by atoms with van der Waals surface area (Å²) >= 11 is 1.46. The third-order valence-electron chi connectivity index (χ3n) is 2.84. The van der Waals surface area contributed by atoms with Gasteiger partial charge in [0.1, 0.15) is 0 Å². The average molecular weight is 316 g/mol. The van der Waals surface area contributed by atoms with Crippen molar-refractivity contribution in [2.24, 2.45) is 10.8 Å². The van der Waals surface area contributed by atoms with Crippen molar-refractivity contribution < 1.29 is 14.9 Å². The summed E-state index contributed by atoms with van der Waals surface area (Å²) < 4.78 is 5.04. The molecule has 0 fully saturated rings. The molecule has 2 aromatic carbocycles. The predicted octanol–water partition coefficient (Wildman–Crippen LogP) is 1.06. The van der Waals surface area contributed by atoms with Gasteiger partial charge in [0.05, 0.1) is 7.11 Å². The molecule has 0 heterocycles. The van der Waals surface area contributed by atoms with E-state index in [4.69, 9.17) is 10.5 Å². The van der Waals surface area contributed by atoms with Crippen molar-refractivity contribution in [2.75, 3.05) is 7.11 Å². The molecular weight excluding hydrogens is 298 g/mol. The van der Waals surface area contributed by atoms with Crippen molar-refractivity contribution in [3.05, 3.63) is 59.7 Å². The van der Waals surface area contributed by atoms with Gasteiger partial charge in [-0.1, -0.05) is 42.1 Å². The molecule has 4 N–H and O–H groups in total. The lowest BCUT2D eigenvalue weighted by atomic mass is 10.2. The Hall–Kier alpha value is -2.47. The summed E-state index contributed by atoms with van der Waals surface area (Å²) in [4.78, 5) is 0. The fraction of sp³-hybridized carbons (Fsp3) is 0.125. The quantitative estimate of drug-likeness (QED) is 0.438. The summed E-state index contributed by atoms with van der Waals surface area (Å²) in [5, 5.41) is 16.8. The fourth-order valence-corrected chi connectivity index (χ4v) is 2.34.